The van der Waals surface area contributed by atoms with Crippen LogP contribution in [0.25, 0.3) is 0 Å². The van der Waals surface area contributed by atoms with Gasteiger partial charge in [0, 0.05) is 12.0 Å². The van der Waals surface area contributed by atoms with E-state index >= 15 is 0 Å². The Hall–Kier alpha value is -1.81. The number of carbonyl (C=O) groups excluding carboxylic acids is 1. The zero-order valence-corrected chi connectivity index (χ0v) is 12.6. The Balaban J connectivity index is 2.27. The normalized spacial score (nSPS) is 18.1. The van der Waals surface area contributed by atoms with Crippen molar-refractivity contribution in [1.82, 2.24) is 0 Å². The topological polar surface area (TPSA) is 55.8 Å². The summed E-state index contributed by atoms with van der Waals surface area (Å²) in [7, 11) is 0. The maximum Gasteiger partial charge on any atom is 0.199 e. The average molecular weight is 290 g/mol. The molecule has 114 valence electrons. The van der Waals surface area contributed by atoms with Crippen LogP contribution < -0.4 is 4.74 Å². The molecule has 0 saturated carbocycles. The molecule has 4 heteroatoms. The highest BCUT2D eigenvalue weighted by atomic mass is 16.7. The lowest BCUT2D eigenvalue weighted by Gasteiger charge is -2.25. The number of hydrogen-bond acceptors (Lipinski definition) is 4. The van der Waals surface area contributed by atoms with Gasteiger partial charge in [-0.2, -0.15) is 0 Å². The lowest BCUT2D eigenvalue weighted by molar-refractivity contribution is -0.106. The number of phenolic OH excluding ortho intramolecular Hbond substituents is 1. The fourth-order valence-corrected chi connectivity index (χ4v) is 2.29. The molecule has 21 heavy (non-hydrogen) atoms. The minimum atomic E-state index is -0.273. The van der Waals surface area contributed by atoms with Crippen molar-refractivity contribution in [2.75, 3.05) is 6.61 Å². The zero-order valence-electron chi connectivity index (χ0n) is 12.6. The van der Waals surface area contributed by atoms with Gasteiger partial charge in [0.15, 0.2) is 12.6 Å². The Morgan fingerprint density at radius 2 is 2.24 bits per heavy atom. The van der Waals surface area contributed by atoms with Crippen LogP contribution in [0.4, 0.5) is 0 Å². The van der Waals surface area contributed by atoms with Crippen LogP contribution in [0.1, 0.15) is 49.0 Å². The third-order valence-corrected chi connectivity index (χ3v) is 3.51. The molecule has 1 aliphatic heterocycles. The van der Waals surface area contributed by atoms with Gasteiger partial charge in [-0.15, -0.1) is 0 Å². The Morgan fingerprint density at radius 1 is 1.43 bits per heavy atom. The van der Waals surface area contributed by atoms with E-state index in [0.717, 1.165) is 24.8 Å². The van der Waals surface area contributed by atoms with Gasteiger partial charge in [-0.1, -0.05) is 11.6 Å². The maximum absolute atomic E-state index is 11.0. The van der Waals surface area contributed by atoms with Crippen LogP contribution in [0.5, 0.6) is 11.5 Å². The summed E-state index contributed by atoms with van der Waals surface area (Å²) in [6, 6.07) is 3.31. The highest BCUT2D eigenvalue weighted by Crippen LogP contribution is 2.33. The van der Waals surface area contributed by atoms with Crippen molar-refractivity contribution in [2.45, 2.75) is 45.8 Å². The van der Waals surface area contributed by atoms with Gasteiger partial charge in [-0.3, -0.25) is 4.79 Å². The fourth-order valence-electron chi connectivity index (χ4n) is 2.29. The summed E-state index contributed by atoms with van der Waals surface area (Å²) in [5, 5.41) is 10.2. The lowest BCUT2D eigenvalue weighted by Crippen LogP contribution is -2.25. The minimum Gasteiger partial charge on any atom is -0.507 e. The molecule has 0 aliphatic carbocycles. The average Bonchev–Trinajstić information content (AvgIpc) is 2.48. The first-order valence-electron chi connectivity index (χ1n) is 7.33. The molecule has 1 heterocycles. The van der Waals surface area contributed by atoms with Crippen LogP contribution in [0.3, 0.4) is 0 Å². The van der Waals surface area contributed by atoms with Crippen molar-refractivity contribution in [1.29, 1.82) is 0 Å². The van der Waals surface area contributed by atoms with Gasteiger partial charge in [-0.05, 0) is 45.2 Å². The van der Waals surface area contributed by atoms with E-state index in [-0.39, 0.29) is 17.6 Å². The first-order chi connectivity index (χ1) is 10.1. The second-order valence-electron chi connectivity index (χ2n) is 5.50. The van der Waals surface area contributed by atoms with E-state index < -0.39 is 0 Å². The van der Waals surface area contributed by atoms with Crippen molar-refractivity contribution < 1.29 is 19.4 Å². The minimum absolute atomic E-state index is 0.00388. The number of hydrogen-bond donors (Lipinski definition) is 1. The summed E-state index contributed by atoms with van der Waals surface area (Å²) in [6.45, 7) is 4.68. The summed E-state index contributed by atoms with van der Waals surface area (Å²) >= 11 is 0. The van der Waals surface area contributed by atoms with Crippen LogP contribution in [-0.2, 0) is 11.2 Å². The van der Waals surface area contributed by atoms with Crippen LogP contribution >= 0.6 is 0 Å². The fraction of sp³-hybridized carbons (Fsp3) is 0.471. The number of allylic oxidation sites excluding steroid dienone is 2. The van der Waals surface area contributed by atoms with E-state index in [4.69, 9.17) is 9.47 Å². The van der Waals surface area contributed by atoms with Crippen molar-refractivity contribution in [3.8, 4) is 11.5 Å². The molecule has 2 rings (SSSR count). The predicted molar refractivity (Wildman–Crippen MR) is 80.8 cm³/mol. The Labute approximate surface area is 125 Å². The summed E-state index contributed by atoms with van der Waals surface area (Å²) in [6.07, 6.45) is 5.88. The Bertz CT molecular complexity index is 524. The second-order valence-corrected chi connectivity index (χ2v) is 5.50. The molecule has 1 saturated heterocycles. The summed E-state index contributed by atoms with van der Waals surface area (Å²) in [5.74, 6) is 0.582. The SMILES string of the molecule is CC(C)=CCc1c(OC2CCCCO2)ccc(C=O)c1O. The second kappa shape index (κ2) is 7.27. The zero-order chi connectivity index (χ0) is 15.2. The molecule has 0 aromatic heterocycles. The number of rotatable bonds is 5. The van der Waals surface area contributed by atoms with E-state index in [1.165, 1.54) is 0 Å². The Kier molecular flexibility index (Phi) is 5.39. The first kappa shape index (κ1) is 15.6. The molecular weight excluding hydrogens is 268 g/mol. The van der Waals surface area contributed by atoms with Gasteiger partial charge in [0.25, 0.3) is 0 Å². The molecule has 0 bridgehead atoms. The maximum atomic E-state index is 11.0. The van der Waals surface area contributed by atoms with Gasteiger partial charge in [0.1, 0.15) is 11.5 Å². The number of benzene rings is 1. The van der Waals surface area contributed by atoms with Crippen molar-refractivity contribution in [3.05, 3.63) is 34.9 Å². The largest absolute Gasteiger partial charge is 0.507 e. The molecule has 0 radical (unpaired) electrons. The molecular formula is C17H22O4. The van der Waals surface area contributed by atoms with Crippen LogP contribution in [0, 0.1) is 0 Å². The molecule has 1 aromatic carbocycles. The molecule has 1 unspecified atom stereocenters. The van der Waals surface area contributed by atoms with Crippen molar-refractivity contribution in [3.63, 3.8) is 0 Å². The highest BCUT2D eigenvalue weighted by molar-refractivity contribution is 5.81. The van der Waals surface area contributed by atoms with Crippen LogP contribution in [-0.4, -0.2) is 24.3 Å². The Morgan fingerprint density at radius 3 is 2.86 bits per heavy atom. The highest BCUT2D eigenvalue weighted by Gasteiger charge is 2.19. The monoisotopic (exact) mass is 290 g/mol. The summed E-state index contributed by atoms with van der Waals surface area (Å²) in [5.41, 5.74) is 2.06. The predicted octanol–water partition coefficient (Wildman–Crippen LogP) is 3.62. The number of phenols is 1. The van der Waals surface area contributed by atoms with E-state index in [0.29, 0.717) is 30.6 Å². The quantitative estimate of drug-likeness (QED) is 0.664. The third kappa shape index (κ3) is 4.08. The molecule has 1 atom stereocenters. The number of aldehydes is 1. The van der Waals surface area contributed by atoms with Crippen molar-refractivity contribution in [2.24, 2.45) is 0 Å². The molecule has 0 spiro atoms. The number of ether oxygens (including phenoxy) is 2. The summed E-state index contributed by atoms with van der Waals surface area (Å²) < 4.78 is 11.4. The van der Waals surface area contributed by atoms with Gasteiger partial charge in [-0.25, -0.2) is 0 Å². The van der Waals surface area contributed by atoms with E-state index in [1.54, 1.807) is 12.1 Å². The molecule has 1 aliphatic rings. The van der Waals surface area contributed by atoms with Crippen LogP contribution in [0.2, 0.25) is 0 Å². The van der Waals surface area contributed by atoms with Gasteiger partial charge >= 0.3 is 0 Å². The molecule has 1 fully saturated rings. The summed E-state index contributed by atoms with van der Waals surface area (Å²) in [4.78, 5) is 11.0. The van der Waals surface area contributed by atoms with E-state index in [2.05, 4.69) is 0 Å². The van der Waals surface area contributed by atoms with Gasteiger partial charge < -0.3 is 14.6 Å². The third-order valence-electron chi connectivity index (χ3n) is 3.51. The van der Waals surface area contributed by atoms with Crippen molar-refractivity contribution >= 4 is 6.29 Å². The van der Waals surface area contributed by atoms with E-state index in [9.17, 15) is 9.90 Å². The number of aromatic hydroxyl groups is 1. The molecule has 0 amide bonds. The standard InChI is InChI=1S/C17H22O4/c1-12(2)6-8-14-15(9-7-13(11-18)17(14)19)21-16-5-3-4-10-20-16/h6-7,9,11,16,19H,3-5,8,10H2,1-2H3. The molecule has 1 aromatic rings. The van der Waals surface area contributed by atoms with Gasteiger partial charge in [0.05, 0.1) is 12.2 Å². The van der Waals surface area contributed by atoms with Crippen LogP contribution in [0.15, 0.2) is 23.8 Å². The number of carbonyl (C=O) groups is 1. The lowest BCUT2D eigenvalue weighted by atomic mass is 10.0. The smallest absolute Gasteiger partial charge is 0.199 e. The first-order valence-corrected chi connectivity index (χ1v) is 7.33. The molecule has 1 N–H and O–H groups in total. The van der Waals surface area contributed by atoms with Gasteiger partial charge in [0.2, 0.25) is 0 Å². The van der Waals surface area contributed by atoms with E-state index in [1.807, 2.05) is 19.9 Å². The molecule has 4 nitrogen and oxygen atoms in total.